The minimum atomic E-state index is -2.96. The van der Waals surface area contributed by atoms with Gasteiger partial charge in [-0.3, -0.25) is 0 Å². The first-order valence-electron chi connectivity index (χ1n) is 4.74. The lowest BCUT2D eigenvalue weighted by molar-refractivity contribution is 0.579. The Labute approximate surface area is 98.0 Å². The van der Waals surface area contributed by atoms with Crippen LogP contribution in [0.2, 0.25) is 5.02 Å². The van der Waals surface area contributed by atoms with Crippen LogP contribution in [0.15, 0.2) is 12.3 Å². The second kappa shape index (κ2) is 4.18. The van der Waals surface area contributed by atoms with Gasteiger partial charge in [-0.15, -0.1) is 0 Å². The molecule has 1 aliphatic rings. The van der Waals surface area contributed by atoms with Gasteiger partial charge in [0.15, 0.2) is 21.5 Å². The molecule has 1 fully saturated rings. The number of hydrogen-bond acceptors (Lipinski definition) is 4. The molecule has 0 saturated carbocycles. The molecule has 0 bridgehead atoms. The van der Waals surface area contributed by atoms with Gasteiger partial charge in [-0.2, -0.15) is 0 Å². The van der Waals surface area contributed by atoms with E-state index in [0.717, 1.165) is 0 Å². The van der Waals surface area contributed by atoms with Crippen molar-refractivity contribution in [2.45, 2.75) is 0 Å². The predicted octanol–water partition coefficient (Wildman–Crippen LogP) is 1.11. The van der Waals surface area contributed by atoms with E-state index >= 15 is 0 Å². The molecule has 0 spiro atoms. The number of aromatic nitrogens is 1. The minimum absolute atomic E-state index is 0.0384. The van der Waals surface area contributed by atoms with Crippen LogP contribution < -0.4 is 4.90 Å². The quantitative estimate of drug-likeness (QED) is 0.762. The van der Waals surface area contributed by atoms with E-state index in [1.165, 1.54) is 12.3 Å². The van der Waals surface area contributed by atoms with Crippen LogP contribution in [-0.2, 0) is 9.84 Å². The fraction of sp³-hybridized carbons (Fsp3) is 0.444. The van der Waals surface area contributed by atoms with Gasteiger partial charge in [0.25, 0.3) is 0 Å². The Bertz CT molecular complexity index is 492. The first-order valence-corrected chi connectivity index (χ1v) is 6.94. The maximum absolute atomic E-state index is 13.5. The lowest BCUT2D eigenvalue weighted by atomic mass is 10.4. The highest BCUT2D eigenvalue weighted by atomic mass is 35.5. The van der Waals surface area contributed by atoms with Gasteiger partial charge in [-0.1, -0.05) is 11.6 Å². The summed E-state index contributed by atoms with van der Waals surface area (Å²) in [4.78, 5) is 5.49. The molecule has 16 heavy (non-hydrogen) atoms. The van der Waals surface area contributed by atoms with Crippen LogP contribution in [0.5, 0.6) is 0 Å². The highest BCUT2D eigenvalue weighted by Gasteiger charge is 2.24. The van der Waals surface area contributed by atoms with Crippen molar-refractivity contribution >= 4 is 27.3 Å². The van der Waals surface area contributed by atoms with Crippen molar-refractivity contribution in [3.8, 4) is 0 Å². The Hall–Kier alpha value is -0.880. The predicted molar refractivity (Wildman–Crippen MR) is 60.1 cm³/mol. The topological polar surface area (TPSA) is 50.3 Å². The Morgan fingerprint density at radius 2 is 2.00 bits per heavy atom. The van der Waals surface area contributed by atoms with Crippen LogP contribution in [0.1, 0.15) is 0 Å². The first-order chi connectivity index (χ1) is 7.48. The van der Waals surface area contributed by atoms with Crippen molar-refractivity contribution in [3.05, 3.63) is 23.1 Å². The minimum Gasteiger partial charge on any atom is -0.352 e. The van der Waals surface area contributed by atoms with Crippen molar-refractivity contribution in [3.63, 3.8) is 0 Å². The standard InChI is InChI=1S/C9H10ClFN2O2S/c10-7-5-8(11)9(12-6-7)13-1-3-16(14,15)4-2-13/h5-6H,1-4H2. The van der Waals surface area contributed by atoms with Gasteiger partial charge in [-0.05, 0) is 6.07 Å². The molecule has 0 radical (unpaired) electrons. The molecule has 7 heteroatoms. The van der Waals surface area contributed by atoms with E-state index in [1.807, 2.05) is 0 Å². The molecule has 88 valence electrons. The van der Waals surface area contributed by atoms with Crippen LogP contribution in [0.3, 0.4) is 0 Å². The van der Waals surface area contributed by atoms with E-state index < -0.39 is 15.7 Å². The van der Waals surface area contributed by atoms with Gasteiger partial charge >= 0.3 is 0 Å². The molecule has 1 aromatic rings. The number of sulfone groups is 1. The van der Waals surface area contributed by atoms with Gasteiger partial charge in [0.2, 0.25) is 0 Å². The molecule has 1 aliphatic heterocycles. The molecule has 1 saturated heterocycles. The van der Waals surface area contributed by atoms with Crippen LogP contribution in [0, 0.1) is 5.82 Å². The molecule has 0 aliphatic carbocycles. The highest BCUT2D eigenvalue weighted by molar-refractivity contribution is 7.91. The van der Waals surface area contributed by atoms with Gasteiger partial charge in [-0.25, -0.2) is 17.8 Å². The summed E-state index contributed by atoms with van der Waals surface area (Å²) in [6.45, 7) is 0.543. The fourth-order valence-electron chi connectivity index (χ4n) is 1.56. The zero-order chi connectivity index (χ0) is 11.8. The van der Waals surface area contributed by atoms with Crippen LogP contribution in [0.4, 0.5) is 10.2 Å². The fourth-order valence-corrected chi connectivity index (χ4v) is 2.91. The molecule has 0 N–H and O–H groups in total. The lowest BCUT2D eigenvalue weighted by Gasteiger charge is -2.27. The number of rotatable bonds is 1. The van der Waals surface area contributed by atoms with Crippen LogP contribution >= 0.6 is 11.6 Å². The summed E-state index contributed by atoms with van der Waals surface area (Å²) in [7, 11) is -2.96. The summed E-state index contributed by atoms with van der Waals surface area (Å²) >= 11 is 5.58. The van der Waals surface area contributed by atoms with Crippen molar-refractivity contribution < 1.29 is 12.8 Å². The Kier molecular flexibility index (Phi) is 3.03. The first kappa shape index (κ1) is 11.6. The number of anilines is 1. The smallest absolute Gasteiger partial charge is 0.167 e. The Morgan fingerprint density at radius 3 is 2.56 bits per heavy atom. The summed E-state index contributed by atoms with van der Waals surface area (Å²) < 4.78 is 35.9. The van der Waals surface area contributed by atoms with Crippen molar-refractivity contribution in [1.82, 2.24) is 4.98 Å². The second-order valence-electron chi connectivity index (χ2n) is 3.60. The highest BCUT2D eigenvalue weighted by Crippen LogP contribution is 2.21. The van der Waals surface area contributed by atoms with Crippen molar-refractivity contribution in [2.75, 3.05) is 29.5 Å². The molecular weight excluding hydrogens is 255 g/mol. The molecule has 0 aromatic carbocycles. The average Bonchev–Trinajstić information content (AvgIpc) is 2.19. The van der Waals surface area contributed by atoms with E-state index in [2.05, 4.69) is 4.98 Å². The summed E-state index contributed by atoms with van der Waals surface area (Å²) in [5.41, 5.74) is 0. The van der Waals surface area contributed by atoms with E-state index in [4.69, 9.17) is 11.6 Å². The number of pyridine rings is 1. The van der Waals surface area contributed by atoms with Gasteiger partial charge in [0.1, 0.15) is 0 Å². The zero-order valence-electron chi connectivity index (χ0n) is 8.36. The second-order valence-corrected chi connectivity index (χ2v) is 6.34. The third-order valence-corrected chi connectivity index (χ3v) is 4.25. The van der Waals surface area contributed by atoms with E-state index in [-0.39, 0.29) is 35.4 Å². The average molecular weight is 265 g/mol. The summed E-state index contributed by atoms with van der Waals surface area (Å²) in [5, 5.41) is 0.228. The van der Waals surface area contributed by atoms with Crippen LogP contribution in [0.25, 0.3) is 0 Å². The molecule has 2 heterocycles. The van der Waals surface area contributed by atoms with Gasteiger partial charge < -0.3 is 4.90 Å². The Balaban J connectivity index is 2.20. The largest absolute Gasteiger partial charge is 0.352 e. The Morgan fingerprint density at radius 1 is 1.38 bits per heavy atom. The van der Waals surface area contributed by atoms with Crippen LogP contribution in [-0.4, -0.2) is 38.0 Å². The third kappa shape index (κ3) is 2.44. The molecule has 2 rings (SSSR count). The zero-order valence-corrected chi connectivity index (χ0v) is 9.93. The normalized spacial score (nSPS) is 19.8. The third-order valence-electron chi connectivity index (χ3n) is 2.43. The maximum Gasteiger partial charge on any atom is 0.167 e. The molecule has 0 atom stereocenters. The summed E-state index contributed by atoms with van der Waals surface area (Å²) in [6.07, 6.45) is 1.35. The van der Waals surface area contributed by atoms with E-state index in [0.29, 0.717) is 0 Å². The van der Waals surface area contributed by atoms with E-state index in [1.54, 1.807) is 4.90 Å². The maximum atomic E-state index is 13.5. The number of halogens is 2. The molecule has 0 unspecified atom stereocenters. The summed E-state index contributed by atoms with van der Waals surface area (Å²) in [5.74, 6) is -0.279. The molecule has 1 aromatic heterocycles. The molecule has 0 amide bonds. The molecular formula is C9H10ClFN2O2S. The number of nitrogens with zero attached hydrogens (tertiary/aromatic N) is 2. The van der Waals surface area contributed by atoms with Gasteiger partial charge in [0, 0.05) is 19.3 Å². The molecule has 4 nitrogen and oxygen atoms in total. The lowest BCUT2D eigenvalue weighted by Crippen LogP contribution is -2.41. The van der Waals surface area contributed by atoms with Gasteiger partial charge in [0.05, 0.1) is 16.5 Å². The van der Waals surface area contributed by atoms with Crippen molar-refractivity contribution in [2.24, 2.45) is 0 Å². The number of hydrogen-bond donors (Lipinski definition) is 0. The van der Waals surface area contributed by atoms with E-state index in [9.17, 15) is 12.8 Å². The monoisotopic (exact) mass is 264 g/mol. The van der Waals surface area contributed by atoms with Crippen molar-refractivity contribution in [1.29, 1.82) is 0 Å². The summed E-state index contributed by atoms with van der Waals surface area (Å²) in [6, 6.07) is 1.17. The SMILES string of the molecule is O=S1(=O)CCN(c2ncc(Cl)cc2F)CC1.